The molecule has 0 bridgehead atoms. The van der Waals surface area contributed by atoms with E-state index in [-0.39, 0.29) is 23.1 Å². The zero-order chi connectivity index (χ0) is 13.1. The molecule has 0 aliphatic carbocycles. The summed E-state index contributed by atoms with van der Waals surface area (Å²) < 4.78 is 9.75. The number of fused-ring (bicyclic) bond motifs is 1. The molecule has 1 N–H and O–H groups in total. The Morgan fingerprint density at radius 2 is 2.00 bits per heavy atom. The number of halogens is 1. The Kier molecular flexibility index (Phi) is 3.58. The van der Waals surface area contributed by atoms with Gasteiger partial charge in [0.15, 0.2) is 0 Å². The van der Waals surface area contributed by atoms with Gasteiger partial charge in [-0.2, -0.15) is 0 Å². The zero-order valence-electron chi connectivity index (χ0n) is 9.64. The Morgan fingerprint density at radius 3 is 2.67 bits per heavy atom. The molecule has 4 nitrogen and oxygen atoms in total. The van der Waals surface area contributed by atoms with Gasteiger partial charge in [0.25, 0.3) is 0 Å². The normalized spacial score (nSPS) is 10.3. The van der Waals surface area contributed by atoms with E-state index < -0.39 is 6.16 Å². The van der Waals surface area contributed by atoms with E-state index in [4.69, 9.17) is 21.1 Å². The van der Waals surface area contributed by atoms with Crippen molar-refractivity contribution in [2.75, 3.05) is 6.61 Å². The van der Waals surface area contributed by atoms with E-state index in [1.807, 2.05) is 0 Å². The number of carbonyl (C=O) groups is 1. The van der Waals surface area contributed by atoms with Gasteiger partial charge in [-0.15, -0.1) is 0 Å². The van der Waals surface area contributed by atoms with Crippen LogP contribution < -0.4 is 4.74 Å². The first kappa shape index (κ1) is 12.5. The van der Waals surface area contributed by atoms with Crippen LogP contribution >= 0.6 is 11.6 Å². The van der Waals surface area contributed by atoms with Crippen LogP contribution in [0.3, 0.4) is 0 Å². The second-order valence-electron chi connectivity index (χ2n) is 3.54. The van der Waals surface area contributed by atoms with E-state index >= 15 is 0 Å². The molecule has 0 aliphatic heterocycles. The number of benzene rings is 2. The molecule has 2 aromatic carbocycles. The Bertz CT molecular complexity index is 595. The second kappa shape index (κ2) is 5.14. The Morgan fingerprint density at radius 1 is 1.33 bits per heavy atom. The van der Waals surface area contributed by atoms with Crippen LogP contribution in [0.4, 0.5) is 4.79 Å². The first-order chi connectivity index (χ1) is 8.63. The maximum absolute atomic E-state index is 11.3. The van der Waals surface area contributed by atoms with Crippen LogP contribution in [0.25, 0.3) is 10.8 Å². The van der Waals surface area contributed by atoms with Crippen LogP contribution in [0.1, 0.15) is 6.92 Å². The lowest BCUT2D eigenvalue weighted by Gasteiger charge is -2.09. The molecule has 0 spiro atoms. The molecule has 0 heterocycles. The molecule has 0 atom stereocenters. The van der Waals surface area contributed by atoms with Gasteiger partial charge in [-0.3, -0.25) is 0 Å². The smallest absolute Gasteiger partial charge is 0.506 e. The first-order valence-corrected chi connectivity index (χ1v) is 5.76. The van der Waals surface area contributed by atoms with Crippen LogP contribution in [0.15, 0.2) is 30.3 Å². The first-order valence-electron chi connectivity index (χ1n) is 5.38. The monoisotopic (exact) mass is 266 g/mol. The molecule has 0 saturated carbocycles. The minimum atomic E-state index is -0.801. The van der Waals surface area contributed by atoms with Crippen LogP contribution in [-0.4, -0.2) is 17.9 Å². The zero-order valence-corrected chi connectivity index (χ0v) is 10.4. The van der Waals surface area contributed by atoms with Crippen molar-refractivity contribution in [2.24, 2.45) is 0 Å². The third kappa shape index (κ3) is 2.33. The average molecular weight is 267 g/mol. The largest absolute Gasteiger partial charge is 0.513 e. The maximum atomic E-state index is 11.3. The average Bonchev–Trinajstić information content (AvgIpc) is 2.36. The van der Waals surface area contributed by atoms with Gasteiger partial charge in [0.05, 0.1) is 11.6 Å². The van der Waals surface area contributed by atoms with Crippen molar-refractivity contribution in [3.63, 3.8) is 0 Å². The van der Waals surface area contributed by atoms with E-state index in [0.29, 0.717) is 10.8 Å². The lowest BCUT2D eigenvalue weighted by Crippen LogP contribution is -2.10. The van der Waals surface area contributed by atoms with Crippen LogP contribution in [-0.2, 0) is 4.74 Å². The molecule has 0 unspecified atom stereocenters. The summed E-state index contributed by atoms with van der Waals surface area (Å²) >= 11 is 5.87. The Hall–Kier alpha value is -1.94. The predicted octanol–water partition coefficient (Wildman–Crippen LogP) is 3.73. The summed E-state index contributed by atoms with van der Waals surface area (Å²) in [6.45, 7) is 1.91. The molecule has 5 heteroatoms. The van der Waals surface area contributed by atoms with Gasteiger partial charge < -0.3 is 14.6 Å². The van der Waals surface area contributed by atoms with Gasteiger partial charge in [0.2, 0.25) is 0 Å². The highest BCUT2D eigenvalue weighted by molar-refractivity contribution is 6.33. The van der Waals surface area contributed by atoms with Crippen molar-refractivity contribution < 1.29 is 19.4 Å². The van der Waals surface area contributed by atoms with Crippen molar-refractivity contribution >= 4 is 28.5 Å². The van der Waals surface area contributed by atoms with Gasteiger partial charge in [-0.05, 0) is 6.92 Å². The summed E-state index contributed by atoms with van der Waals surface area (Å²) in [6, 6.07) is 8.32. The molecule has 0 saturated heterocycles. The fourth-order valence-electron chi connectivity index (χ4n) is 1.62. The summed E-state index contributed by atoms with van der Waals surface area (Å²) in [6.07, 6.45) is -0.801. The van der Waals surface area contributed by atoms with Crippen molar-refractivity contribution in [3.05, 3.63) is 35.4 Å². The van der Waals surface area contributed by atoms with Gasteiger partial charge >= 0.3 is 6.16 Å². The van der Waals surface area contributed by atoms with E-state index in [2.05, 4.69) is 0 Å². The quantitative estimate of drug-likeness (QED) is 0.665. The number of hydrogen-bond donors (Lipinski definition) is 1. The van der Waals surface area contributed by atoms with Crippen LogP contribution in [0.2, 0.25) is 5.02 Å². The third-order valence-corrected chi connectivity index (χ3v) is 2.68. The minimum Gasteiger partial charge on any atom is -0.506 e. The van der Waals surface area contributed by atoms with Gasteiger partial charge in [-0.25, -0.2) is 4.79 Å². The highest BCUT2D eigenvalue weighted by Gasteiger charge is 2.14. The molecule has 0 aromatic heterocycles. The standard InChI is InChI=1S/C13H11ClO4/c1-2-17-13(16)18-11-7-10(14)12(15)9-6-4-3-5-8(9)11/h3-7,15H,2H2,1H3. The number of aromatic hydroxyl groups is 1. The molecule has 2 rings (SSSR count). The third-order valence-electron chi connectivity index (χ3n) is 2.39. The molecule has 0 fully saturated rings. The second-order valence-corrected chi connectivity index (χ2v) is 3.94. The van der Waals surface area contributed by atoms with E-state index in [0.717, 1.165) is 0 Å². The lowest BCUT2D eigenvalue weighted by atomic mass is 10.1. The molecular weight excluding hydrogens is 256 g/mol. The van der Waals surface area contributed by atoms with Crippen molar-refractivity contribution in [1.29, 1.82) is 0 Å². The minimum absolute atomic E-state index is 0.0384. The highest BCUT2D eigenvalue weighted by atomic mass is 35.5. The summed E-state index contributed by atoms with van der Waals surface area (Å²) in [7, 11) is 0. The Labute approximate surface area is 109 Å². The van der Waals surface area contributed by atoms with Crippen molar-refractivity contribution in [1.82, 2.24) is 0 Å². The van der Waals surface area contributed by atoms with Crippen molar-refractivity contribution in [3.8, 4) is 11.5 Å². The summed E-state index contributed by atoms with van der Waals surface area (Å²) in [5, 5.41) is 11.0. The number of carbonyl (C=O) groups excluding carboxylic acids is 1. The molecule has 94 valence electrons. The van der Waals surface area contributed by atoms with Crippen LogP contribution in [0.5, 0.6) is 11.5 Å². The van der Waals surface area contributed by atoms with Gasteiger partial charge in [0, 0.05) is 16.8 Å². The summed E-state index contributed by atoms with van der Waals surface area (Å²) in [5.41, 5.74) is 0. The maximum Gasteiger partial charge on any atom is 0.513 e. The highest BCUT2D eigenvalue weighted by Crippen LogP contribution is 2.38. The Balaban J connectivity index is 2.50. The molecule has 0 aliphatic rings. The molecule has 0 amide bonds. The number of ether oxygens (including phenoxy) is 2. The number of phenols is 1. The van der Waals surface area contributed by atoms with E-state index in [1.165, 1.54) is 6.07 Å². The lowest BCUT2D eigenvalue weighted by molar-refractivity contribution is 0.105. The molecule has 2 aromatic rings. The summed E-state index contributed by atoms with van der Waals surface area (Å²) in [5.74, 6) is 0.218. The molecular formula is C13H11ClO4. The van der Waals surface area contributed by atoms with Crippen molar-refractivity contribution in [2.45, 2.75) is 6.92 Å². The predicted molar refractivity (Wildman–Crippen MR) is 68.3 cm³/mol. The number of rotatable bonds is 2. The number of phenolic OH excluding ortho intramolecular Hbond substituents is 1. The fraction of sp³-hybridized carbons (Fsp3) is 0.154. The fourth-order valence-corrected chi connectivity index (χ4v) is 1.82. The van der Waals surface area contributed by atoms with E-state index in [1.54, 1.807) is 31.2 Å². The molecule has 0 radical (unpaired) electrons. The summed E-state index contributed by atoms with van der Waals surface area (Å²) in [4.78, 5) is 11.3. The van der Waals surface area contributed by atoms with E-state index in [9.17, 15) is 9.90 Å². The SMILES string of the molecule is CCOC(=O)Oc1cc(Cl)c(O)c2ccccc12. The molecule has 18 heavy (non-hydrogen) atoms. The number of hydrogen-bond acceptors (Lipinski definition) is 4. The van der Waals surface area contributed by atoms with Crippen LogP contribution in [0, 0.1) is 0 Å². The van der Waals surface area contributed by atoms with Gasteiger partial charge in [0.1, 0.15) is 11.5 Å². The topological polar surface area (TPSA) is 55.8 Å². The van der Waals surface area contributed by atoms with Gasteiger partial charge in [-0.1, -0.05) is 35.9 Å².